The van der Waals surface area contributed by atoms with E-state index < -0.39 is 11.7 Å². The zero-order chi connectivity index (χ0) is 18.0. The summed E-state index contributed by atoms with van der Waals surface area (Å²) in [6.45, 7) is 1.83. The highest BCUT2D eigenvalue weighted by atomic mass is 19.1. The highest BCUT2D eigenvalue weighted by Gasteiger charge is 2.13. The number of anilines is 2. The third kappa shape index (κ3) is 3.50. The van der Waals surface area contributed by atoms with Crippen molar-refractivity contribution in [3.63, 3.8) is 0 Å². The van der Waals surface area contributed by atoms with Crippen molar-refractivity contribution in [2.75, 3.05) is 24.3 Å². The summed E-state index contributed by atoms with van der Waals surface area (Å²) < 4.78 is 16.0. The van der Waals surface area contributed by atoms with Crippen LogP contribution in [0.1, 0.15) is 16.2 Å². The van der Waals surface area contributed by atoms with Crippen LogP contribution in [0.25, 0.3) is 5.69 Å². The summed E-state index contributed by atoms with van der Waals surface area (Å²) in [6.07, 6.45) is 1.59. The summed E-state index contributed by atoms with van der Waals surface area (Å²) >= 11 is 0. The van der Waals surface area contributed by atoms with E-state index >= 15 is 0 Å². The van der Waals surface area contributed by atoms with Crippen molar-refractivity contribution in [2.45, 2.75) is 6.92 Å². The molecule has 0 radical (unpaired) electrons. The van der Waals surface area contributed by atoms with E-state index in [9.17, 15) is 9.18 Å². The van der Waals surface area contributed by atoms with Gasteiger partial charge in [-0.25, -0.2) is 4.39 Å². The molecule has 25 heavy (non-hydrogen) atoms. The Balaban J connectivity index is 1.83. The molecule has 1 amide bonds. The fourth-order valence-electron chi connectivity index (χ4n) is 2.44. The summed E-state index contributed by atoms with van der Waals surface area (Å²) in [6, 6.07) is 11.7. The van der Waals surface area contributed by atoms with Crippen molar-refractivity contribution >= 4 is 17.3 Å². The monoisotopic (exact) mass is 339 g/mol. The van der Waals surface area contributed by atoms with Crippen molar-refractivity contribution in [2.24, 2.45) is 0 Å². The Morgan fingerprint density at radius 3 is 2.64 bits per heavy atom. The number of aryl methyl sites for hydroxylation is 1. The number of amides is 1. The summed E-state index contributed by atoms with van der Waals surface area (Å²) in [5, 5.41) is 10.5. The molecule has 7 heteroatoms. The van der Waals surface area contributed by atoms with Crippen molar-refractivity contribution in [3.8, 4) is 5.69 Å². The van der Waals surface area contributed by atoms with E-state index in [0.29, 0.717) is 11.4 Å². The molecular formula is C18H18FN5O. The van der Waals surface area contributed by atoms with Crippen LogP contribution < -0.4 is 10.2 Å². The number of nitrogens with one attached hydrogen (secondary N) is 1. The van der Waals surface area contributed by atoms with E-state index in [-0.39, 0.29) is 5.56 Å². The first-order valence-corrected chi connectivity index (χ1v) is 7.71. The molecule has 0 aliphatic heterocycles. The Morgan fingerprint density at radius 2 is 2.00 bits per heavy atom. The number of carbonyl (C=O) groups excluding carboxylic acids is 1. The smallest absolute Gasteiger partial charge is 0.258 e. The summed E-state index contributed by atoms with van der Waals surface area (Å²) in [4.78, 5) is 14.2. The van der Waals surface area contributed by atoms with Crippen LogP contribution in [-0.2, 0) is 0 Å². The Bertz CT molecular complexity index is 919. The van der Waals surface area contributed by atoms with Gasteiger partial charge in [-0.15, -0.1) is 10.2 Å². The number of benzene rings is 2. The van der Waals surface area contributed by atoms with Gasteiger partial charge in [0.25, 0.3) is 5.91 Å². The number of hydrogen-bond donors (Lipinski definition) is 1. The molecule has 2 aromatic carbocycles. The highest BCUT2D eigenvalue weighted by Crippen LogP contribution is 2.20. The maximum atomic E-state index is 14.2. The maximum Gasteiger partial charge on any atom is 0.258 e. The Morgan fingerprint density at radius 1 is 1.20 bits per heavy atom. The molecule has 1 heterocycles. The van der Waals surface area contributed by atoms with Crippen molar-refractivity contribution in [1.29, 1.82) is 0 Å². The standard InChI is InChI=1S/C18H18FN5O/c1-12-22-20-11-24(12)15-6-4-5-13(9-15)21-18(25)16-8-7-14(23(2)3)10-17(16)19/h4-11H,1-3H3,(H,21,25). The molecule has 0 atom stereocenters. The van der Waals surface area contributed by atoms with E-state index in [1.54, 1.807) is 40.1 Å². The molecule has 3 rings (SSSR count). The van der Waals surface area contributed by atoms with Crippen LogP contribution >= 0.6 is 0 Å². The summed E-state index contributed by atoms with van der Waals surface area (Å²) in [5.74, 6) is -0.330. The van der Waals surface area contributed by atoms with E-state index in [1.807, 2.05) is 27.1 Å². The molecular weight excluding hydrogens is 321 g/mol. The van der Waals surface area contributed by atoms with Crippen LogP contribution in [0.3, 0.4) is 0 Å². The van der Waals surface area contributed by atoms with Gasteiger partial charge < -0.3 is 10.2 Å². The van der Waals surface area contributed by atoms with Crippen LogP contribution in [0.15, 0.2) is 48.8 Å². The predicted molar refractivity (Wildman–Crippen MR) is 94.8 cm³/mol. The molecule has 0 fully saturated rings. The maximum absolute atomic E-state index is 14.2. The lowest BCUT2D eigenvalue weighted by atomic mass is 10.1. The zero-order valence-electron chi connectivity index (χ0n) is 14.2. The molecule has 0 bridgehead atoms. The quantitative estimate of drug-likeness (QED) is 0.794. The topological polar surface area (TPSA) is 63.1 Å². The Kier molecular flexibility index (Phi) is 4.47. The van der Waals surface area contributed by atoms with Crippen LogP contribution in [0.2, 0.25) is 0 Å². The van der Waals surface area contributed by atoms with Gasteiger partial charge in [0.05, 0.1) is 11.3 Å². The molecule has 0 spiro atoms. The Labute approximate surface area is 144 Å². The van der Waals surface area contributed by atoms with E-state index in [1.165, 1.54) is 12.1 Å². The predicted octanol–water partition coefficient (Wildman–Crippen LogP) is 3.03. The second kappa shape index (κ2) is 6.72. The third-order valence-electron chi connectivity index (χ3n) is 3.81. The lowest BCUT2D eigenvalue weighted by Gasteiger charge is -2.14. The number of hydrogen-bond acceptors (Lipinski definition) is 4. The van der Waals surface area contributed by atoms with Crippen molar-refractivity contribution in [1.82, 2.24) is 14.8 Å². The van der Waals surface area contributed by atoms with Gasteiger partial charge in [0, 0.05) is 25.5 Å². The summed E-state index contributed by atoms with van der Waals surface area (Å²) in [5.41, 5.74) is 2.06. The minimum atomic E-state index is -0.561. The first-order valence-electron chi connectivity index (χ1n) is 7.71. The fourth-order valence-corrected chi connectivity index (χ4v) is 2.44. The van der Waals surface area contributed by atoms with Gasteiger partial charge >= 0.3 is 0 Å². The number of carbonyl (C=O) groups is 1. The van der Waals surface area contributed by atoms with E-state index in [2.05, 4.69) is 15.5 Å². The van der Waals surface area contributed by atoms with Gasteiger partial charge in [-0.3, -0.25) is 9.36 Å². The van der Waals surface area contributed by atoms with Crippen LogP contribution in [-0.4, -0.2) is 34.8 Å². The molecule has 1 aromatic heterocycles. The second-order valence-corrected chi connectivity index (χ2v) is 5.81. The molecule has 3 aromatic rings. The third-order valence-corrected chi connectivity index (χ3v) is 3.81. The molecule has 6 nitrogen and oxygen atoms in total. The molecule has 0 aliphatic rings. The van der Waals surface area contributed by atoms with Crippen molar-refractivity contribution in [3.05, 3.63) is 66.0 Å². The average molecular weight is 339 g/mol. The normalized spacial score (nSPS) is 10.6. The van der Waals surface area contributed by atoms with Gasteiger partial charge in [-0.05, 0) is 43.3 Å². The highest BCUT2D eigenvalue weighted by molar-refractivity contribution is 6.04. The molecule has 0 saturated heterocycles. The number of aromatic nitrogens is 3. The van der Waals surface area contributed by atoms with Crippen LogP contribution in [0.4, 0.5) is 15.8 Å². The van der Waals surface area contributed by atoms with Gasteiger partial charge in [0.2, 0.25) is 0 Å². The van der Waals surface area contributed by atoms with Gasteiger partial charge in [0.15, 0.2) is 0 Å². The van der Waals surface area contributed by atoms with Crippen LogP contribution in [0.5, 0.6) is 0 Å². The molecule has 0 aliphatic carbocycles. The molecule has 0 saturated carbocycles. The average Bonchev–Trinajstić information content (AvgIpc) is 3.00. The van der Waals surface area contributed by atoms with Gasteiger partial charge in [-0.2, -0.15) is 0 Å². The van der Waals surface area contributed by atoms with Crippen molar-refractivity contribution < 1.29 is 9.18 Å². The zero-order valence-corrected chi connectivity index (χ0v) is 14.2. The first kappa shape index (κ1) is 16.6. The lowest BCUT2D eigenvalue weighted by molar-refractivity contribution is 0.102. The minimum Gasteiger partial charge on any atom is -0.378 e. The number of rotatable bonds is 4. The largest absolute Gasteiger partial charge is 0.378 e. The van der Waals surface area contributed by atoms with E-state index in [4.69, 9.17) is 0 Å². The lowest BCUT2D eigenvalue weighted by Crippen LogP contribution is -2.15. The van der Waals surface area contributed by atoms with Gasteiger partial charge in [-0.1, -0.05) is 6.07 Å². The second-order valence-electron chi connectivity index (χ2n) is 5.81. The summed E-state index contributed by atoms with van der Waals surface area (Å²) in [7, 11) is 3.62. The fraction of sp³-hybridized carbons (Fsp3) is 0.167. The molecule has 1 N–H and O–H groups in total. The van der Waals surface area contributed by atoms with Crippen LogP contribution in [0, 0.1) is 12.7 Å². The number of nitrogens with zero attached hydrogens (tertiary/aromatic N) is 4. The molecule has 128 valence electrons. The van der Waals surface area contributed by atoms with Gasteiger partial charge in [0.1, 0.15) is 18.0 Å². The molecule has 0 unspecified atom stereocenters. The van der Waals surface area contributed by atoms with E-state index in [0.717, 1.165) is 11.5 Å². The SMILES string of the molecule is Cc1nncn1-c1cccc(NC(=O)c2ccc(N(C)C)cc2F)c1. The first-order chi connectivity index (χ1) is 12.0. The Hall–Kier alpha value is -3.22. The minimum absolute atomic E-state index is 0.00326. The number of halogens is 1.